The molecule has 0 fully saturated rings. The molecule has 0 aliphatic rings. The fourth-order valence-corrected chi connectivity index (χ4v) is 3.19. The molecular formula is C22H20N4O2. The molecule has 3 aromatic heterocycles. The Morgan fingerprint density at radius 3 is 2.79 bits per heavy atom. The maximum absolute atomic E-state index is 12.7. The van der Waals surface area contributed by atoms with Crippen molar-refractivity contribution in [2.45, 2.75) is 19.3 Å². The number of para-hydroxylation sites is 1. The van der Waals surface area contributed by atoms with Crippen molar-refractivity contribution in [3.63, 3.8) is 0 Å². The van der Waals surface area contributed by atoms with Crippen molar-refractivity contribution in [2.24, 2.45) is 0 Å². The number of benzene rings is 1. The second kappa shape index (κ2) is 8.00. The maximum Gasteiger partial charge on any atom is 0.265 e. The summed E-state index contributed by atoms with van der Waals surface area (Å²) >= 11 is 0. The molecule has 4 aromatic rings. The molecule has 6 heteroatoms. The molecule has 4 rings (SSSR count). The summed E-state index contributed by atoms with van der Waals surface area (Å²) in [6.45, 7) is 0.585. The van der Waals surface area contributed by atoms with E-state index in [1.165, 1.54) is 9.96 Å². The summed E-state index contributed by atoms with van der Waals surface area (Å²) in [6.07, 6.45) is 7.97. The molecule has 0 aliphatic heterocycles. The first-order valence-corrected chi connectivity index (χ1v) is 9.31. The molecule has 0 aliphatic carbocycles. The van der Waals surface area contributed by atoms with E-state index in [4.69, 9.17) is 0 Å². The van der Waals surface area contributed by atoms with E-state index >= 15 is 0 Å². The summed E-state index contributed by atoms with van der Waals surface area (Å²) < 4.78 is 1.43. The van der Waals surface area contributed by atoms with Gasteiger partial charge in [-0.1, -0.05) is 18.2 Å². The van der Waals surface area contributed by atoms with Crippen LogP contribution in [-0.4, -0.2) is 26.8 Å². The molecule has 28 heavy (non-hydrogen) atoms. The monoisotopic (exact) mass is 372 g/mol. The lowest BCUT2D eigenvalue weighted by molar-refractivity contribution is 0.0952. The molecular weight excluding hydrogens is 352 g/mol. The van der Waals surface area contributed by atoms with Crippen molar-refractivity contribution < 1.29 is 4.79 Å². The van der Waals surface area contributed by atoms with E-state index in [1.54, 1.807) is 36.7 Å². The van der Waals surface area contributed by atoms with Crippen LogP contribution < -0.4 is 10.9 Å². The fourth-order valence-electron chi connectivity index (χ4n) is 3.19. The van der Waals surface area contributed by atoms with Gasteiger partial charge in [0.05, 0.1) is 16.5 Å². The average molecular weight is 372 g/mol. The predicted octanol–water partition coefficient (Wildman–Crippen LogP) is 3.00. The van der Waals surface area contributed by atoms with Gasteiger partial charge in [0.15, 0.2) is 0 Å². The molecule has 6 nitrogen and oxygen atoms in total. The molecule has 1 N–H and O–H groups in total. The number of carbonyl (C=O) groups is 1. The van der Waals surface area contributed by atoms with E-state index in [0.29, 0.717) is 28.7 Å². The van der Waals surface area contributed by atoms with Crippen LogP contribution in [-0.2, 0) is 6.42 Å². The minimum Gasteiger partial charge on any atom is -0.352 e. The fraction of sp³-hybridized carbons (Fsp3) is 0.182. The molecule has 140 valence electrons. The third-order valence-corrected chi connectivity index (χ3v) is 4.68. The lowest BCUT2D eigenvalue weighted by Crippen LogP contribution is -2.26. The van der Waals surface area contributed by atoms with Gasteiger partial charge in [-0.3, -0.25) is 19.0 Å². The minimum absolute atomic E-state index is 0.174. The molecule has 1 amide bonds. The third-order valence-electron chi connectivity index (χ3n) is 4.68. The molecule has 0 atom stereocenters. The first kappa shape index (κ1) is 17.9. The highest BCUT2D eigenvalue weighted by atomic mass is 16.1. The highest BCUT2D eigenvalue weighted by Crippen LogP contribution is 2.10. The van der Waals surface area contributed by atoms with E-state index in [9.17, 15) is 9.59 Å². The van der Waals surface area contributed by atoms with E-state index in [0.717, 1.165) is 19.3 Å². The Balaban J connectivity index is 1.42. The number of carbonyl (C=O) groups excluding carboxylic acids is 1. The van der Waals surface area contributed by atoms with Gasteiger partial charge < -0.3 is 5.32 Å². The third kappa shape index (κ3) is 3.76. The zero-order valence-electron chi connectivity index (χ0n) is 15.3. The Labute approximate surface area is 161 Å². The second-order valence-electron chi connectivity index (χ2n) is 6.65. The number of aromatic nitrogens is 3. The number of nitrogens with zero attached hydrogens (tertiary/aromatic N) is 3. The van der Waals surface area contributed by atoms with E-state index in [-0.39, 0.29) is 11.5 Å². The summed E-state index contributed by atoms with van der Waals surface area (Å²) in [4.78, 5) is 33.7. The lowest BCUT2D eigenvalue weighted by atomic mass is 10.1. The molecule has 1 aromatic carbocycles. The molecule has 0 unspecified atom stereocenters. The van der Waals surface area contributed by atoms with Crippen molar-refractivity contribution in [1.29, 1.82) is 0 Å². The van der Waals surface area contributed by atoms with Crippen LogP contribution in [0.2, 0.25) is 0 Å². The molecule has 3 heterocycles. The highest BCUT2D eigenvalue weighted by Gasteiger charge is 2.09. The number of aryl methyl sites for hydroxylation is 1. The van der Waals surface area contributed by atoms with Crippen molar-refractivity contribution >= 4 is 22.5 Å². The van der Waals surface area contributed by atoms with E-state index in [1.807, 2.05) is 24.4 Å². The van der Waals surface area contributed by atoms with E-state index in [2.05, 4.69) is 21.4 Å². The maximum atomic E-state index is 12.7. The van der Waals surface area contributed by atoms with Crippen molar-refractivity contribution in [3.8, 4) is 0 Å². The Bertz CT molecular complexity index is 1190. The molecule has 0 bridgehead atoms. The van der Waals surface area contributed by atoms with Crippen LogP contribution in [0.4, 0.5) is 0 Å². The van der Waals surface area contributed by atoms with E-state index < -0.39 is 0 Å². The molecule has 0 spiro atoms. The van der Waals surface area contributed by atoms with Gasteiger partial charge in [-0.2, -0.15) is 0 Å². The number of rotatable bonds is 6. The van der Waals surface area contributed by atoms with Crippen LogP contribution in [0.3, 0.4) is 0 Å². The first-order valence-electron chi connectivity index (χ1n) is 9.31. The standard InChI is InChI=1S/C22H20N4O2/c27-21(24-13-4-3-6-16-7-5-12-23-14-16)17-10-11-20-25-19-9-2-1-8-18(19)22(28)26(20)15-17/h1-2,5,7-12,14-15H,3-4,6,13H2,(H,24,27). The smallest absolute Gasteiger partial charge is 0.265 e. The largest absolute Gasteiger partial charge is 0.352 e. The highest BCUT2D eigenvalue weighted by molar-refractivity contribution is 5.94. The minimum atomic E-state index is -0.191. The van der Waals surface area contributed by atoms with Gasteiger partial charge in [0.1, 0.15) is 5.65 Å². The van der Waals surface area contributed by atoms with Gasteiger partial charge >= 0.3 is 0 Å². The van der Waals surface area contributed by atoms with Gasteiger partial charge in [0.2, 0.25) is 0 Å². The van der Waals surface area contributed by atoms with Crippen LogP contribution in [0, 0.1) is 0 Å². The topological polar surface area (TPSA) is 76.4 Å². The van der Waals surface area contributed by atoms with Gasteiger partial charge in [-0.05, 0) is 55.2 Å². The van der Waals surface area contributed by atoms with Crippen LogP contribution in [0.15, 0.2) is 71.9 Å². The number of nitrogens with one attached hydrogen (secondary N) is 1. The lowest BCUT2D eigenvalue weighted by Gasteiger charge is -2.08. The summed E-state index contributed by atoms with van der Waals surface area (Å²) in [6, 6.07) is 14.6. The summed E-state index contributed by atoms with van der Waals surface area (Å²) in [5.74, 6) is -0.191. The normalized spacial score (nSPS) is 11.0. The SMILES string of the molecule is O=C(NCCCCc1cccnc1)c1ccc2nc3ccccc3c(=O)n2c1. The molecule has 0 saturated carbocycles. The van der Waals surface area contributed by atoms with Crippen molar-refractivity contribution in [1.82, 2.24) is 19.7 Å². The number of hydrogen-bond acceptors (Lipinski definition) is 4. The predicted molar refractivity (Wildman–Crippen MR) is 108 cm³/mol. The van der Waals surface area contributed by atoms with Crippen LogP contribution in [0.5, 0.6) is 0 Å². The Hall–Kier alpha value is -3.54. The number of fused-ring (bicyclic) bond motifs is 2. The Kier molecular flexibility index (Phi) is 5.10. The summed E-state index contributed by atoms with van der Waals surface area (Å²) in [7, 11) is 0. The Morgan fingerprint density at radius 1 is 1.04 bits per heavy atom. The molecule has 0 radical (unpaired) electrons. The van der Waals surface area contributed by atoms with Crippen LogP contribution in [0.1, 0.15) is 28.8 Å². The second-order valence-corrected chi connectivity index (χ2v) is 6.65. The number of amides is 1. The van der Waals surface area contributed by atoms with Gasteiger partial charge in [0.25, 0.3) is 11.5 Å². The first-order chi connectivity index (χ1) is 13.7. The number of pyridine rings is 2. The van der Waals surface area contributed by atoms with Crippen LogP contribution in [0.25, 0.3) is 16.6 Å². The Morgan fingerprint density at radius 2 is 1.93 bits per heavy atom. The van der Waals surface area contributed by atoms with Gasteiger partial charge in [-0.25, -0.2) is 4.98 Å². The number of unbranched alkanes of at least 4 members (excludes halogenated alkanes) is 1. The van der Waals surface area contributed by atoms with Crippen molar-refractivity contribution in [3.05, 3.63) is 88.6 Å². The van der Waals surface area contributed by atoms with Crippen LogP contribution >= 0.6 is 0 Å². The van der Waals surface area contributed by atoms with Gasteiger partial charge in [-0.15, -0.1) is 0 Å². The zero-order chi connectivity index (χ0) is 19.3. The summed E-state index contributed by atoms with van der Waals surface area (Å²) in [5, 5.41) is 3.45. The average Bonchev–Trinajstić information content (AvgIpc) is 2.74. The number of hydrogen-bond donors (Lipinski definition) is 1. The molecule has 0 saturated heterocycles. The zero-order valence-corrected chi connectivity index (χ0v) is 15.3. The van der Waals surface area contributed by atoms with Gasteiger partial charge in [0, 0.05) is 25.1 Å². The summed E-state index contributed by atoms with van der Waals surface area (Å²) in [5.41, 5.74) is 2.64. The van der Waals surface area contributed by atoms with Crippen molar-refractivity contribution in [2.75, 3.05) is 6.54 Å². The quantitative estimate of drug-likeness (QED) is 0.417.